The zero-order chi connectivity index (χ0) is 20.0. The van der Waals surface area contributed by atoms with E-state index in [0.717, 1.165) is 0 Å². The number of nitrogens with zero attached hydrogens (tertiary/aromatic N) is 3. The minimum Gasteiger partial charge on any atom is -0.496 e. The van der Waals surface area contributed by atoms with E-state index in [-0.39, 0.29) is 0 Å². The van der Waals surface area contributed by atoms with Crippen LogP contribution in [0.15, 0.2) is 22.7 Å². The summed E-state index contributed by atoms with van der Waals surface area (Å²) < 4.78 is 18.1. The van der Waals surface area contributed by atoms with Crippen molar-refractivity contribution in [2.75, 3.05) is 7.11 Å². The molecule has 27 heavy (non-hydrogen) atoms. The molecule has 0 spiro atoms. The molecule has 0 radical (unpaired) electrons. The first-order chi connectivity index (χ1) is 12.8. The van der Waals surface area contributed by atoms with Gasteiger partial charge in [-0.15, -0.1) is 0 Å². The van der Waals surface area contributed by atoms with Crippen molar-refractivity contribution in [3.8, 4) is 24.0 Å². The second kappa shape index (κ2) is 6.23. The summed E-state index contributed by atoms with van der Waals surface area (Å²) >= 11 is 3.39. The molecule has 0 aliphatic carbocycles. The Balaban J connectivity index is 2.39. The van der Waals surface area contributed by atoms with E-state index in [1.807, 2.05) is 19.1 Å². The Hall–Kier alpha value is -2.60. The maximum atomic E-state index is 10.1. The van der Waals surface area contributed by atoms with Crippen molar-refractivity contribution in [3.63, 3.8) is 0 Å². The Kier molecular flexibility index (Phi) is 4.43. The molecule has 2 aliphatic heterocycles. The summed E-state index contributed by atoms with van der Waals surface area (Å²) in [5, 5.41) is 38.7. The lowest BCUT2D eigenvalue weighted by Crippen LogP contribution is -2.58. The molecule has 2 saturated heterocycles. The van der Waals surface area contributed by atoms with E-state index in [0.29, 0.717) is 22.2 Å². The molecule has 0 aromatic heterocycles. The van der Waals surface area contributed by atoms with Crippen molar-refractivity contribution in [1.29, 1.82) is 21.2 Å². The molecule has 4 atom stereocenters. The van der Waals surface area contributed by atoms with Crippen LogP contribution in [0.1, 0.15) is 31.9 Å². The summed E-state index contributed by atoms with van der Waals surface area (Å²) in [6.07, 6.45) is -0.793. The fourth-order valence-electron chi connectivity index (χ4n) is 4.23. The molecule has 2 bridgehead atoms. The number of rotatable bonds is 3. The smallest absolute Gasteiger partial charge is 0.217 e. The van der Waals surface area contributed by atoms with E-state index in [1.54, 1.807) is 25.1 Å². The average molecular weight is 429 g/mol. The first-order valence-corrected chi connectivity index (χ1v) is 9.14. The highest BCUT2D eigenvalue weighted by Crippen LogP contribution is 2.67. The van der Waals surface area contributed by atoms with Crippen molar-refractivity contribution in [2.24, 2.45) is 16.7 Å². The van der Waals surface area contributed by atoms with Gasteiger partial charge in [-0.1, -0.05) is 29.8 Å². The normalized spacial score (nSPS) is 33.3. The van der Waals surface area contributed by atoms with E-state index in [2.05, 4.69) is 22.0 Å². The zero-order valence-corrected chi connectivity index (χ0v) is 16.6. The summed E-state index contributed by atoms with van der Waals surface area (Å²) in [5.74, 6) is -1.94. The molecule has 2 aliphatic rings. The van der Waals surface area contributed by atoms with Crippen LogP contribution in [-0.2, 0) is 9.47 Å². The van der Waals surface area contributed by atoms with Crippen LogP contribution >= 0.6 is 15.9 Å². The van der Waals surface area contributed by atoms with Gasteiger partial charge in [-0.05, 0) is 18.2 Å². The summed E-state index contributed by atoms with van der Waals surface area (Å²) in [6, 6.07) is 11.2. The maximum absolute atomic E-state index is 10.1. The predicted molar refractivity (Wildman–Crippen MR) is 97.2 cm³/mol. The van der Waals surface area contributed by atoms with Crippen LogP contribution in [0.2, 0.25) is 0 Å². The van der Waals surface area contributed by atoms with Gasteiger partial charge in [0.1, 0.15) is 11.9 Å². The van der Waals surface area contributed by atoms with E-state index < -0.39 is 34.5 Å². The number of methoxy groups -OCH3 is 1. The third kappa shape index (κ3) is 2.10. The second-order valence-corrected chi connectivity index (χ2v) is 7.57. The number of nitrogens with one attached hydrogen (secondary N) is 1. The molecule has 2 heterocycles. The van der Waals surface area contributed by atoms with E-state index in [9.17, 15) is 15.8 Å². The molecule has 1 aromatic rings. The van der Waals surface area contributed by atoms with Crippen molar-refractivity contribution in [2.45, 2.75) is 32.2 Å². The van der Waals surface area contributed by atoms with Gasteiger partial charge in [0.25, 0.3) is 0 Å². The molecular weight excluding hydrogens is 412 g/mol. The average Bonchev–Trinajstić information content (AvgIpc) is 2.84. The van der Waals surface area contributed by atoms with Gasteiger partial charge in [0.2, 0.25) is 17.1 Å². The lowest BCUT2D eigenvalue weighted by molar-refractivity contribution is -0.280. The lowest BCUT2D eigenvalue weighted by Gasteiger charge is -2.48. The molecule has 4 unspecified atom stereocenters. The van der Waals surface area contributed by atoms with E-state index >= 15 is 0 Å². The number of fused-ring (bicyclic) bond motifs is 2. The van der Waals surface area contributed by atoms with Crippen LogP contribution < -0.4 is 4.74 Å². The SMILES string of the molecule is CCC12OC(=N)C(C#N)(C1C)C(C#N)(C#N)C(c1cc(Br)ccc1OC)O2. The van der Waals surface area contributed by atoms with Gasteiger partial charge in [0.15, 0.2) is 5.41 Å². The minimum atomic E-state index is -1.98. The van der Waals surface area contributed by atoms with Crippen molar-refractivity contribution in [1.82, 2.24) is 0 Å². The molecule has 0 amide bonds. The molecule has 1 aromatic carbocycles. The van der Waals surface area contributed by atoms with Crippen LogP contribution in [0.3, 0.4) is 0 Å². The Bertz CT molecular complexity index is 930. The largest absolute Gasteiger partial charge is 0.496 e. The number of hydrogen-bond acceptors (Lipinski definition) is 7. The Morgan fingerprint density at radius 1 is 1.26 bits per heavy atom. The van der Waals surface area contributed by atoms with Gasteiger partial charge in [0, 0.05) is 16.5 Å². The van der Waals surface area contributed by atoms with Crippen molar-refractivity contribution in [3.05, 3.63) is 28.2 Å². The van der Waals surface area contributed by atoms with Crippen LogP contribution in [-0.4, -0.2) is 18.8 Å². The highest BCUT2D eigenvalue weighted by molar-refractivity contribution is 9.10. The molecule has 7 nitrogen and oxygen atoms in total. The molecule has 3 rings (SSSR count). The monoisotopic (exact) mass is 428 g/mol. The van der Waals surface area contributed by atoms with Gasteiger partial charge in [-0.2, -0.15) is 15.8 Å². The van der Waals surface area contributed by atoms with Crippen LogP contribution in [0.25, 0.3) is 0 Å². The molecule has 2 fully saturated rings. The summed E-state index contributed by atoms with van der Waals surface area (Å²) in [4.78, 5) is 0. The van der Waals surface area contributed by atoms with Gasteiger partial charge in [-0.3, -0.25) is 5.41 Å². The number of hydrogen-bond donors (Lipinski definition) is 1. The van der Waals surface area contributed by atoms with Gasteiger partial charge < -0.3 is 14.2 Å². The summed E-state index contributed by atoms with van der Waals surface area (Å²) in [6.45, 7) is 3.50. The van der Waals surface area contributed by atoms with E-state index in [1.165, 1.54) is 7.11 Å². The fraction of sp³-hybridized carbons (Fsp3) is 0.474. The second-order valence-electron chi connectivity index (χ2n) is 6.65. The Morgan fingerprint density at radius 3 is 2.44 bits per heavy atom. The van der Waals surface area contributed by atoms with E-state index in [4.69, 9.17) is 19.6 Å². The van der Waals surface area contributed by atoms with Gasteiger partial charge >= 0.3 is 0 Å². The van der Waals surface area contributed by atoms with Crippen LogP contribution in [0.4, 0.5) is 0 Å². The fourth-order valence-corrected chi connectivity index (χ4v) is 4.61. The maximum Gasteiger partial charge on any atom is 0.217 e. The third-order valence-corrected chi connectivity index (χ3v) is 6.26. The molecule has 1 N–H and O–H groups in total. The van der Waals surface area contributed by atoms with Crippen molar-refractivity contribution >= 4 is 21.8 Å². The number of halogens is 1. The number of ether oxygens (including phenoxy) is 3. The molecule has 8 heteroatoms. The molecule has 138 valence electrons. The first-order valence-electron chi connectivity index (χ1n) is 8.35. The molecule has 0 saturated carbocycles. The number of nitriles is 3. The van der Waals surface area contributed by atoms with Crippen LogP contribution in [0.5, 0.6) is 5.75 Å². The topological polar surface area (TPSA) is 123 Å². The zero-order valence-electron chi connectivity index (χ0n) is 15.0. The lowest BCUT2D eigenvalue weighted by atomic mass is 9.53. The van der Waals surface area contributed by atoms with Gasteiger partial charge in [0.05, 0.1) is 31.2 Å². The minimum absolute atomic E-state index is 0.347. The van der Waals surface area contributed by atoms with Crippen LogP contribution in [0, 0.1) is 56.2 Å². The standard InChI is InChI=1S/C19H17BrN4O3/c1-4-19-11(2)18(10-23,16(24)27-19)17(8-21,9-22)15(26-19)13-7-12(20)5-6-14(13)25-3/h5-7,11,15,24H,4H2,1-3H3. The highest BCUT2D eigenvalue weighted by atomic mass is 79.9. The third-order valence-electron chi connectivity index (χ3n) is 5.77. The predicted octanol–water partition coefficient (Wildman–Crippen LogP) is 3.82. The quantitative estimate of drug-likeness (QED) is 0.779. The molecular formula is C19H17BrN4O3. The van der Waals surface area contributed by atoms with Gasteiger partial charge in [-0.25, -0.2) is 0 Å². The Labute approximate surface area is 165 Å². The Morgan fingerprint density at radius 2 is 1.93 bits per heavy atom. The van der Waals surface area contributed by atoms with Crippen molar-refractivity contribution < 1.29 is 14.2 Å². The summed E-state index contributed by atoms with van der Waals surface area (Å²) in [5.41, 5.74) is -3.30. The highest BCUT2D eigenvalue weighted by Gasteiger charge is 2.79. The first kappa shape index (κ1) is 19.2. The summed E-state index contributed by atoms with van der Waals surface area (Å²) in [7, 11) is 1.47. The number of benzene rings is 1.